The number of rotatable bonds is 7. The number of hydrogen-bond donors (Lipinski definition) is 4. The lowest BCUT2D eigenvalue weighted by atomic mass is 9.87. The monoisotopic (exact) mass is 527 g/mol. The van der Waals surface area contributed by atoms with Crippen molar-refractivity contribution >= 4 is 45.9 Å². The lowest BCUT2D eigenvalue weighted by molar-refractivity contribution is -0.134. The predicted octanol–water partition coefficient (Wildman–Crippen LogP) is 2.28. The van der Waals surface area contributed by atoms with Crippen LogP contribution in [-0.2, 0) is 20.8 Å². The first-order valence-corrected chi connectivity index (χ1v) is 12.5. The molecule has 3 amide bonds. The molecule has 2 aromatic carbocycles. The number of piperidine rings is 1. The van der Waals surface area contributed by atoms with Gasteiger partial charge in [-0.15, -0.1) is 0 Å². The van der Waals surface area contributed by atoms with Crippen molar-refractivity contribution in [2.45, 2.75) is 24.8 Å². The minimum atomic E-state index is -1.11. The normalized spacial score (nSPS) is 16.7. The van der Waals surface area contributed by atoms with Gasteiger partial charge in [0, 0.05) is 28.7 Å². The Bertz CT molecular complexity index is 1350. The van der Waals surface area contributed by atoms with Gasteiger partial charge in [-0.2, -0.15) is 0 Å². The number of hydrogen-bond acceptors (Lipinski definition) is 5. The summed E-state index contributed by atoms with van der Waals surface area (Å²) in [5.41, 5.74) is 1.02. The summed E-state index contributed by atoms with van der Waals surface area (Å²) < 4.78 is 19.1. The van der Waals surface area contributed by atoms with Gasteiger partial charge in [0.1, 0.15) is 23.7 Å². The molecule has 0 atom stereocenters. The van der Waals surface area contributed by atoms with Crippen LogP contribution in [0.5, 0.6) is 5.75 Å². The molecule has 0 radical (unpaired) electrons. The molecule has 4 N–H and O–H groups in total. The maximum Gasteiger partial charge on any atom is 0.265 e. The number of nitrogens with one attached hydrogen (secondary N) is 4. The molecule has 194 valence electrons. The van der Waals surface area contributed by atoms with Gasteiger partial charge in [0.25, 0.3) is 5.91 Å². The Morgan fingerprint density at radius 2 is 1.97 bits per heavy atom. The zero-order valence-corrected chi connectivity index (χ0v) is 20.8. The molecule has 0 aliphatic carbocycles. The van der Waals surface area contributed by atoms with Crippen molar-refractivity contribution < 1.29 is 23.5 Å². The molecule has 2 aliphatic heterocycles. The second-order valence-corrected chi connectivity index (χ2v) is 9.71. The summed E-state index contributed by atoms with van der Waals surface area (Å²) in [6.07, 6.45) is 3.11. The van der Waals surface area contributed by atoms with E-state index >= 15 is 0 Å². The topological polar surface area (TPSA) is 116 Å². The molecule has 0 saturated carbocycles. The van der Waals surface area contributed by atoms with Crippen molar-refractivity contribution in [1.29, 1.82) is 0 Å². The fourth-order valence-corrected chi connectivity index (χ4v) is 5.06. The SMILES string of the molecule is O=C(CN1C(=O)COc2ccc(Cl)cc21)NC1(C(=O)NCCc2c[nH]c3ccc(F)cc23)CCNCC1. The third-order valence-electron chi connectivity index (χ3n) is 6.85. The van der Waals surface area contributed by atoms with Crippen LogP contribution in [0.25, 0.3) is 10.9 Å². The van der Waals surface area contributed by atoms with Crippen LogP contribution in [0, 0.1) is 5.82 Å². The van der Waals surface area contributed by atoms with Crippen LogP contribution in [0.4, 0.5) is 10.1 Å². The number of aromatic amines is 1. The smallest absolute Gasteiger partial charge is 0.265 e. The highest BCUT2D eigenvalue weighted by Crippen LogP contribution is 2.34. The van der Waals surface area contributed by atoms with E-state index < -0.39 is 11.4 Å². The molecular formula is C26H27ClFN5O4. The number of H-pyrrole nitrogens is 1. The van der Waals surface area contributed by atoms with Gasteiger partial charge in [-0.25, -0.2) is 4.39 Å². The fraction of sp³-hybridized carbons (Fsp3) is 0.346. The summed E-state index contributed by atoms with van der Waals surface area (Å²) in [6, 6.07) is 9.42. The fourth-order valence-electron chi connectivity index (χ4n) is 4.90. The lowest BCUT2D eigenvalue weighted by Gasteiger charge is -2.38. The molecule has 1 saturated heterocycles. The van der Waals surface area contributed by atoms with E-state index in [1.807, 2.05) is 6.20 Å². The van der Waals surface area contributed by atoms with Crippen LogP contribution in [0.15, 0.2) is 42.6 Å². The number of halogens is 2. The molecule has 1 fully saturated rings. The molecule has 0 spiro atoms. The van der Waals surface area contributed by atoms with Crippen molar-refractivity contribution in [1.82, 2.24) is 20.9 Å². The Labute approximate surface area is 217 Å². The maximum atomic E-state index is 13.7. The summed E-state index contributed by atoms with van der Waals surface area (Å²) in [6.45, 7) is 0.990. The van der Waals surface area contributed by atoms with Crippen LogP contribution in [0.2, 0.25) is 5.02 Å². The zero-order valence-electron chi connectivity index (χ0n) is 20.0. The van der Waals surface area contributed by atoms with E-state index in [0.717, 1.165) is 16.5 Å². The van der Waals surface area contributed by atoms with Crippen LogP contribution in [0.3, 0.4) is 0 Å². The highest BCUT2D eigenvalue weighted by atomic mass is 35.5. The largest absolute Gasteiger partial charge is 0.482 e. The van der Waals surface area contributed by atoms with E-state index in [4.69, 9.17) is 16.3 Å². The second kappa shape index (κ2) is 10.4. The summed E-state index contributed by atoms with van der Waals surface area (Å²) in [5, 5.41) is 10.3. The molecule has 3 aromatic rings. The van der Waals surface area contributed by atoms with Gasteiger partial charge in [0.15, 0.2) is 6.61 Å². The molecular weight excluding hydrogens is 501 g/mol. The summed E-state index contributed by atoms with van der Waals surface area (Å²) in [7, 11) is 0. The molecule has 0 bridgehead atoms. The van der Waals surface area contributed by atoms with E-state index in [9.17, 15) is 18.8 Å². The van der Waals surface area contributed by atoms with Crippen LogP contribution in [0.1, 0.15) is 18.4 Å². The van der Waals surface area contributed by atoms with Gasteiger partial charge >= 0.3 is 0 Å². The van der Waals surface area contributed by atoms with E-state index in [1.54, 1.807) is 24.3 Å². The number of fused-ring (bicyclic) bond motifs is 2. The molecule has 5 rings (SSSR count). The van der Waals surface area contributed by atoms with E-state index in [-0.39, 0.29) is 30.8 Å². The first-order valence-electron chi connectivity index (χ1n) is 12.1. The van der Waals surface area contributed by atoms with E-state index in [0.29, 0.717) is 55.4 Å². The standard InChI is InChI=1S/C26H27ClFN5O4/c27-17-1-4-22-21(11-17)33(24(35)15-37-22)14-23(34)32-26(6-9-29-10-7-26)25(36)30-8-5-16-13-31-20-3-2-18(28)12-19(16)20/h1-4,11-13,29,31H,5-10,14-15H2,(H,30,36)(H,32,34). The Morgan fingerprint density at radius 3 is 2.78 bits per heavy atom. The second-order valence-electron chi connectivity index (χ2n) is 9.27. The van der Waals surface area contributed by atoms with Gasteiger partial charge in [-0.05, 0) is 74.3 Å². The van der Waals surface area contributed by atoms with E-state index in [2.05, 4.69) is 20.9 Å². The zero-order chi connectivity index (χ0) is 26.0. The maximum absolute atomic E-state index is 13.7. The molecule has 37 heavy (non-hydrogen) atoms. The minimum Gasteiger partial charge on any atom is -0.482 e. The van der Waals surface area contributed by atoms with Crippen molar-refractivity contribution in [3.8, 4) is 5.75 Å². The Morgan fingerprint density at radius 1 is 1.16 bits per heavy atom. The third-order valence-corrected chi connectivity index (χ3v) is 7.08. The minimum absolute atomic E-state index is 0.185. The van der Waals surface area contributed by atoms with Crippen LogP contribution in [-0.4, -0.2) is 61.0 Å². The molecule has 3 heterocycles. The van der Waals surface area contributed by atoms with Crippen molar-refractivity contribution in [2.75, 3.05) is 37.7 Å². The molecule has 9 nitrogen and oxygen atoms in total. The number of carbonyl (C=O) groups excluding carboxylic acids is 3. The molecule has 11 heteroatoms. The van der Waals surface area contributed by atoms with Gasteiger partial charge in [-0.1, -0.05) is 11.6 Å². The van der Waals surface area contributed by atoms with Crippen LogP contribution < -0.4 is 25.6 Å². The highest BCUT2D eigenvalue weighted by molar-refractivity contribution is 6.31. The Kier molecular flexibility index (Phi) is 7.03. The van der Waals surface area contributed by atoms with Gasteiger partial charge in [-0.3, -0.25) is 19.3 Å². The number of nitrogens with zero attached hydrogens (tertiary/aromatic N) is 1. The van der Waals surface area contributed by atoms with Crippen molar-refractivity contribution in [2.24, 2.45) is 0 Å². The van der Waals surface area contributed by atoms with Gasteiger partial charge in [0.05, 0.1) is 5.69 Å². The summed E-state index contributed by atoms with van der Waals surface area (Å²) in [5.74, 6) is -0.972. The number of aromatic nitrogens is 1. The Hall–Kier alpha value is -3.63. The molecule has 1 aromatic heterocycles. The first kappa shape index (κ1) is 25.0. The van der Waals surface area contributed by atoms with Crippen molar-refractivity contribution in [3.05, 3.63) is 59.0 Å². The number of carbonyl (C=O) groups is 3. The predicted molar refractivity (Wildman–Crippen MR) is 137 cm³/mol. The number of benzene rings is 2. The quantitative estimate of drug-likeness (QED) is 0.376. The van der Waals surface area contributed by atoms with E-state index in [1.165, 1.54) is 17.0 Å². The number of anilines is 1. The number of ether oxygens (including phenoxy) is 1. The molecule has 0 unspecified atom stereocenters. The Balaban J connectivity index is 1.26. The molecule has 2 aliphatic rings. The average Bonchev–Trinajstić information content (AvgIpc) is 3.28. The third kappa shape index (κ3) is 5.26. The number of amides is 3. The first-order chi connectivity index (χ1) is 17.8. The average molecular weight is 528 g/mol. The van der Waals surface area contributed by atoms with Crippen LogP contribution >= 0.6 is 11.6 Å². The van der Waals surface area contributed by atoms with Gasteiger partial charge < -0.3 is 25.7 Å². The summed E-state index contributed by atoms with van der Waals surface area (Å²) in [4.78, 5) is 43.5. The lowest BCUT2D eigenvalue weighted by Crippen LogP contribution is -2.64. The summed E-state index contributed by atoms with van der Waals surface area (Å²) >= 11 is 6.10. The van der Waals surface area contributed by atoms with Gasteiger partial charge in [0.2, 0.25) is 11.8 Å². The highest BCUT2D eigenvalue weighted by Gasteiger charge is 2.41. The van der Waals surface area contributed by atoms with Crippen molar-refractivity contribution in [3.63, 3.8) is 0 Å².